The Labute approximate surface area is 166 Å². The average Bonchev–Trinajstić information content (AvgIpc) is 2.66. The van der Waals surface area contributed by atoms with Gasteiger partial charge >= 0.3 is 5.97 Å². The minimum Gasteiger partial charge on any atom is -0.451 e. The van der Waals surface area contributed by atoms with Crippen molar-refractivity contribution in [3.8, 4) is 0 Å². The van der Waals surface area contributed by atoms with Crippen LogP contribution < -0.4 is 0 Å². The van der Waals surface area contributed by atoms with E-state index in [1.807, 2.05) is 24.3 Å². The van der Waals surface area contributed by atoms with Crippen molar-refractivity contribution in [3.63, 3.8) is 0 Å². The summed E-state index contributed by atoms with van der Waals surface area (Å²) in [5.74, 6) is 0.190. The molecular formula is C24H29NO3. The Hall–Kier alpha value is -2.23. The Balaban J connectivity index is 1.77. The highest BCUT2D eigenvalue weighted by Gasteiger charge is 2.34. The third kappa shape index (κ3) is 3.57. The highest BCUT2D eigenvalue weighted by atomic mass is 16.5. The van der Waals surface area contributed by atoms with Crippen molar-refractivity contribution in [2.45, 2.75) is 71.8 Å². The molecule has 4 nitrogen and oxygen atoms in total. The molecule has 1 fully saturated rings. The van der Waals surface area contributed by atoms with Crippen LogP contribution in [-0.2, 0) is 22.4 Å². The number of fused-ring (bicyclic) bond motifs is 2. The Kier molecular flexibility index (Phi) is 4.98. The summed E-state index contributed by atoms with van der Waals surface area (Å²) >= 11 is 0. The van der Waals surface area contributed by atoms with Gasteiger partial charge in [0.2, 0.25) is 0 Å². The number of ether oxygens (including phenoxy) is 1. The van der Waals surface area contributed by atoms with Gasteiger partial charge in [0.05, 0.1) is 11.1 Å². The van der Waals surface area contributed by atoms with Gasteiger partial charge in [0.25, 0.3) is 0 Å². The number of nitrogens with zero attached hydrogens (tertiary/aromatic N) is 1. The summed E-state index contributed by atoms with van der Waals surface area (Å²) in [5, 5.41) is 0.837. The second-order valence-corrected chi connectivity index (χ2v) is 9.34. The summed E-state index contributed by atoms with van der Waals surface area (Å²) in [5.41, 5.74) is 3.67. The molecule has 4 heteroatoms. The number of rotatable bonds is 2. The van der Waals surface area contributed by atoms with Crippen LogP contribution >= 0.6 is 0 Å². The fraction of sp³-hybridized carbons (Fsp3) is 0.542. The molecule has 0 amide bonds. The van der Waals surface area contributed by atoms with Gasteiger partial charge in [0.1, 0.15) is 0 Å². The molecule has 2 atom stereocenters. The van der Waals surface area contributed by atoms with E-state index in [9.17, 15) is 9.59 Å². The van der Waals surface area contributed by atoms with Gasteiger partial charge in [-0.2, -0.15) is 0 Å². The molecule has 0 radical (unpaired) electrons. The largest absolute Gasteiger partial charge is 0.451 e. The van der Waals surface area contributed by atoms with E-state index in [1.165, 1.54) is 0 Å². The first-order valence-electron chi connectivity index (χ1n) is 10.5. The topological polar surface area (TPSA) is 56.3 Å². The average molecular weight is 380 g/mol. The molecule has 0 bridgehead atoms. The van der Waals surface area contributed by atoms with Crippen LogP contribution in [0.1, 0.15) is 74.5 Å². The number of aromatic nitrogens is 1. The Bertz CT molecular complexity index is 925. The van der Waals surface area contributed by atoms with Crippen LogP contribution in [0.3, 0.4) is 0 Å². The molecule has 0 aliphatic heterocycles. The number of hydrogen-bond acceptors (Lipinski definition) is 4. The number of hydrogen-bond donors (Lipinski definition) is 0. The minimum absolute atomic E-state index is 0.0550. The Morgan fingerprint density at radius 1 is 1.11 bits per heavy atom. The summed E-state index contributed by atoms with van der Waals surface area (Å²) in [7, 11) is 0. The first kappa shape index (κ1) is 19.1. The molecule has 28 heavy (non-hydrogen) atoms. The third-order valence-corrected chi connectivity index (χ3v) is 6.44. The summed E-state index contributed by atoms with van der Waals surface area (Å²) in [6.45, 7) is 6.78. The molecule has 2 aromatic rings. The lowest BCUT2D eigenvalue weighted by Crippen LogP contribution is -2.32. The quantitative estimate of drug-likeness (QED) is 0.685. The van der Waals surface area contributed by atoms with Gasteiger partial charge in [0.15, 0.2) is 11.9 Å². The molecule has 148 valence electrons. The number of aryl methyl sites for hydroxylation is 1. The van der Waals surface area contributed by atoms with Crippen LogP contribution in [-0.4, -0.2) is 22.8 Å². The van der Waals surface area contributed by atoms with Crippen molar-refractivity contribution in [2.75, 3.05) is 0 Å². The van der Waals surface area contributed by atoms with Crippen LogP contribution in [0.5, 0.6) is 0 Å². The van der Waals surface area contributed by atoms with Crippen LogP contribution in [0.4, 0.5) is 0 Å². The van der Waals surface area contributed by atoms with Gasteiger partial charge < -0.3 is 4.74 Å². The van der Waals surface area contributed by atoms with E-state index in [2.05, 4.69) is 20.8 Å². The van der Waals surface area contributed by atoms with Gasteiger partial charge in [0, 0.05) is 17.5 Å². The molecule has 2 aliphatic carbocycles. The van der Waals surface area contributed by atoms with Crippen molar-refractivity contribution in [1.29, 1.82) is 0 Å². The summed E-state index contributed by atoms with van der Waals surface area (Å²) in [6.07, 6.45) is 5.19. The first-order chi connectivity index (χ1) is 13.3. The molecule has 1 heterocycles. The van der Waals surface area contributed by atoms with Gasteiger partial charge in [-0.05, 0) is 61.5 Å². The minimum atomic E-state index is -0.592. The van der Waals surface area contributed by atoms with E-state index in [0.717, 1.165) is 54.3 Å². The van der Waals surface area contributed by atoms with Gasteiger partial charge in [-0.1, -0.05) is 39.0 Å². The van der Waals surface area contributed by atoms with Crippen molar-refractivity contribution in [3.05, 3.63) is 41.1 Å². The predicted octanol–water partition coefficient (Wildman–Crippen LogP) is 5.05. The lowest BCUT2D eigenvalue weighted by Gasteiger charge is -2.35. The molecule has 2 aliphatic rings. The standard InChI is InChI=1S/C24H29NO3/c1-24(2,3)15-12-13-19-17(14-15)22(16-8-4-5-9-18(16)25-19)23(27)28-21-11-7-6-10-20(21)26/h4-5,8-9,15,21H,6-7,10-14H2,1-3H3/t15-,21-/m0/s1. The fourth-order valence-corrected chi connectivity index (χ4v) is 4.62. The van der Waals surface area contributed by atoms with Crippen molar-refractivity contribution < 1.29 is 14.3 Å². The number of carbonyl (C=O) groups is 2. The normalized spacial score (nSPS) is 22.8. The molecule has 0 spiro atoms. The second kappa shape index (κ2) is 7.31. The number of esters is 1. The maximum Gasteiger partial charge on any atom is 0.339 e. The summed E-state index contributed by atoms with van der Waals surface area (Å²) < 4.78 is 5.77. The fourth-order valence-electron chi connectivity index (χ4n) is 4.62. The van der Waals surface area contributed by atoms with Crippen LogP contribution in [0.25, 0.3) is 10.9 Å². The molecular weight excluding hydrogens is 350 g/mol. The van der Waals surface area contributed by atoms with E-state index in [4.69, 9.17) is 9.72 Å². The first-order valence-corrected chi connectivity index (χ1v) is 10.5. The number of carbonyl (C=O) groups excluding carboxylic acids is 2. The van der Waals surface area contributed by atoms with Crippen molar-refractivity contribution in [1.82, 2.24) is 4.98 Å². The summed E-state index contributed by atoms with van der Waals surface area (Å²) in [6, 6.07) is 7.78. The van der Waals surface area contributed by atoms with Gasteiger partial charge in [-0.25, -0.2) is 4.79 Å². The molecule has 1 aromatic carbocycles. The van der Waals surface area contributed by atoms with E-state index in [1.54, 1.807) is 0 Å². The van der Waals surface area contributed by atoms with Gasteiger partial charge in [-0.15, -0.1) is 0 Å². The molecule has 0 unspecified atom stereocenters. The van der Waals surface area contributed by atoms with E-state index < -0.39 is 6.10 Å². The van der Waals surface area contributed by atoms with Crippen molar-refractivity contribution in [2.24, 2.45) is 11.3 Å². The van der Waals surface area contributed by atoms with Crippen LogP contribution in [0, 0.1) is 11.3 Å². The zero-order valence-corrected chi connectivity index (χ0v) is 17.1. The molecule has 4 rings (SSSR count). The zero-order valence-electron chi connectivity index (χ0n) is 17.1. The lowest BCUT2D eigenvalue weighted by atomic mass is 9.70. The highest BCUT2D eigenvalue weighted by molar-refractivity contribution is 6.06. The third-order valence-electron chi connectivity index (χ3n) is 6.44. The SMILES string of the molecule is CC(C)(C)[C@H]1CCc2nc3ccccc3c(C(=O)O[C@H]3CCCCC3=O)c2C1. The number of Topliss-reactive ketones (excluding diaryl/α,β-unsaturated/α-hetero) is 1. The smallest absolute Gasteiger partial charge is 0.339 e. The second-order valence-electron chi connectivity index (χ2n) is 9.34. The predicted molar refractivity (Wildman–Crippen MR) is 109 cm³/mol. The molecule has 1 saturated carbocycles. The summed E-state index contributed by atoms with van der Waals surface area (Å²) in [4.78, 5) is 30.4. The molecule has 1 aromatic heterocycles. The number of para-hydroxylation sites is 1. The van der Waals surface area contributed by atoms with E-state index in [0.29, 0.717) is 24.3 Å². The number of pyridine rings is 1. The zero-order chi connectivity index (χ0) is 19.9. The Morgan fingerprint density at radius 3 is 2.64 bits per heavy atom. The molecule has 0 saturated heterocycles. The Morgan fingerprint density at radius 2 is 1.89 bits per heavy atom. The van der Waals surface area contributed by atoms with Crippen LogP contribution in [0.15, 0.2) is 24.3 Å². The maximum atomic E-state index is 13.3. The number of benzene rings is 1. The molecule has 0 N–H and O–H groups in total. The highest BCUT2D eigenvalue weighted by Crippen LogP contribution is 2.39. The number of ketones is 1. The van der Waals surface area contributed by atoms with E-state index in [-0.39, 0.29) is 17.2 Å². The monoisotopic (exact) mass is 379 g/mol. The van der Waals surface area contributed by atoms with Gasteiger partial charge in [-0.3, -0.25) is 9.78 Å². The maximum absolute atomic E-state index is 13.3. The van der Waals surface area contributed by atoms with Crippen molar-refractivity contribution >= 4 is 22.7 Å². The van der Waals surface area contributed by atoms with Crippen LogP contribution in [0.2, 0.25) is 0 Å². The van der Waals surface area contributed by atoms with E-state index >= 15 is 0 Å². The lowest BCUT2D eigenvalue weighted by molar-refractivity contribution is -0.129.